The summed E-state index contributed by atoms with van der Waals surface area (Å²) < 4.78 is 49.4. The van der Waals surface area contributed by atoms with E-state index in [9.17, 15) is 27.6 Å². The molecule has 0 heterocycles. The normalized spacial score (nSPS) is 11.3. The van der Waals surface area contributed by atoms with Gasteiger partial charge in [0.1, 0.15) is 12.3 Å². The highest BCUT2D eigenvalue weighted by molar-refractivity contribution is 5.97. The molecule has 0 radical (unpaired) electrons. The number of amides is 2. The number of benzene rings is 2. The van der Waals surface area contributed by atoms with Crippen molar-refractivity contribution in [2.45, 2.75) is 13.0 Å². The highest BCUT2D eigenvalue weighted by Gasteiger charge is 2.21. The molecule has 7 nitrogen and oxygen atoms in total. The van der Waals surface area contributed by atoms with Gasteiger partial charge in [-0.15, -0.1) is 0 Å². The molecule has 2 rings (SSSR count). The van der Waals surface area contributed by atoms with Crippen molar-refractivity contribution in [2.24, 2.45) is 0 Å². The van der Waals surface area contributed by atoms with Crippen LogP contribution in [0.4, 0.5) is 18.9 Å². The summed E-state index contributed by atoms with van der Waals surface area (Å²) >= 11 is 0. The van der Waals surface area contributed by atoms with E-state index in [1.54, 1.807) is 12.1 Å². The molecule has 2 N–H and O–H groups in total. The predicted octanol–water partition coefficient (Wildman–Crippen LogP) is 2.41. The standard InChI is InChI=1S/C19H17F3N2O5/c1-10(18(26)24-14-8-7-13(20)16(21)17(14)22)29-15(25)9-23-19(27)11-3-5-12(28-2)6-4-11/h3-8,10H,9H2,1-2H3,(H,23,27)(H,24,26). The first-order chi connectivity index (χ1) is 13.7. The predicted molar refractivity (Wildman–Crippen MR) is 95.8 cm³/mol. The fourth-order valence-electron chi connectivity index (χ4n) is 2.15. The monoisotopic (exact) mass is 410 g/mol. The van der Waals surface area contributed by atoms with Crippen molar-refractivity contribution in [1.82, 2.24) is 5.32 Å². The lowest BCUT2D eigenvalue weighted by molar-refractivity contribution is -0.152. The van der Waals surface area contributed by atoms with Crippen LogP contribution in [0.1, 0.15) is 17.3 Å². The van der Waals surface area contributed by atoms with E-state index in [0.29, 0.717) is 11.8 Å². The largest absolute Gasteiger partial charge is 0.497 e. The molecule has 1 unspecified atom stereocenters. The van der Waals surface area contributed by atoms with E-state index in [4.69, 9.17) is 9.47 Å². The molecule has 154 valence electrons. The maximum absolute atomic E-state index is 13.6. The molecule has 1 atom stereocenters. The Balaban J connectivity index is 1.85. The van der Waals surface area contributed by atoms with E-state index in [0.717, 1.165) is 6.07 Å². The van der Waals surface area contributed by atoms with E-state index in [2.05, 4.69) is 5.32 Å². The van der Waals surface area contributed by atoms with Crippen molar-refractivity contribution in [2.75, 3.05) is 19.0 Å². The van der Waals surface area contributed by atoms with Crippen LogP contribution in [0.5, 0.6) is 5.75 Å². The van der Waals surface area contributed by atoms with E-state index in [1.807, 2.05) is 5.32 Å². The Kier molecular flexibility index (Phi) is 7.18. The van der Waals surface area contributed by atoms with Gasteiger partial charge in [-0.25, -0.2) is 13.2 Å². The van der Waals surface area contributed by atoms with Crippen LogP contribution in [-0.2, 0) is 14.3 Å². The highest BCUT2D eigenvalue weighted by Crippen LogP contribution is 2.20. The number of methoxy groups -OCH3 is 1. The van der Waals surface area contributed by atoms with Gasteiger partial charge < -0.3 is 20.1 Å². The number of halogens is 3. The fraction of sp³-hybridized carbons (Fsp3) is 0.211. The summed E-state index contributed by atoms with van der Waals surface area (Å²) in [7, 11) is 1.48. The van der Waals surface area contributed by atoms with Crippen LogP contribution in [0.3, 0.4) is 0 Å². The Morgan fingerprint density at radius 2 is 1.66 bits per heavy atom. The zero-order valence-electron chi connectivity index (χ0n) is 15.4. The maximum atomic E-state index is 13.6. The van der Waals surface area contributed by atoms with Gasteiger partial charge in [0.05, 0.1) is 12.8 Å². The molecule has 0 aromatic heterocycles. The highest BCUT2D eigenvalue weighted by atomic mass is 19.2. The first kappa shape index (κ1) is 21.7. The molecule has 0 saturated carbocycles. The van der Waals surface area contributed by atoms with Crippen molar-refractivity contribution in [1.29, 1.82) is 0 Å². The molecule has 0 fully saturated rings. The number of ether oxygens (including phenoxy) is 2. The van der Waals surface area contributed by atoms with Gasteiger partial charge in [-0.1, -0.05) is 0 Å². The molecule has 0 bridgehead atoms. The van der Waals surface area contributed by atoms with Crippen LogP contribution in [-0.4, -0.2) is 37.5 Å². The molecule has 2 aromatic rings. The maximum Gasteiger partial charge on any atom is 0.326 e. The molecule has 0 aliphatic heterocycles. The van der Waals surface area contributed by atoms with Crippen molar-refractivity contribution < 1.29 is 37.0 Å². The minimum Gasteiger partial charge on any atom is -0.497 e. The SMILES string of the molecule is COc1ccc(C(=O)NCC(=O)OC(C)C(=O)Nc2ccc(F)c(F)c2F)cc1. The second kappa shape index (κ2) is 9.58. The van der Waals surface area contributed by atoms with Crippen LogP contribution >= 0.6 is 0 Å². The number of rotatable bonds is 7. The average Bonchev–Trinajstić information content (AvgIpc) is 2.72. The van der Waals surface area contributed by atoms with E-state index in [1.165, 1.54) is 26.2 Å². The number of carbonyl (C=O) groups excluding carboxylic acids is 3. The molecular weight excluding hydrogens is 393 g/mol. The van der Waals surface area contributed by atoms with Crippen molar-refractivity contribution >= 4 is 23.5 Å². The Bertz CT molecular complexity index is 919. The summed E-state index contributed by atoms with van der Waals surface area (Å²) in [5.41, 5.74) is -0.331. The number of anilines is 1. The third-order valence-electron chi connectivity index (χ3n) is 3.72. The van der Waals surface area contributed by atoms with Gasteiger partial charge in [-0.3, -0.25) is 14.4 Å². The smallest absolute Gasteiger partial charge is 0.326 e. The quantitative estimate of drug-likeness (QED) is 0.540. The van der Waals surface area contributed by atoms with Crippen LogP contribution < -0.4 is 15.4 Å². The molecule has 0 spiro atoms. The number of esters is 1. The van der Waals surface area contributed by atoms with Gasteiger partial charge in [0.2, 0.25) is 0 Å². The molecule has 29 heavy (non-hydrogen) atoms. The number of nitrogens with one attached hydrogen (secondary N) is 2. The van der Waals surface area contributed by atoms with Gasteiger partial charge >= 0.3 is 5.97 Å². The molecule has 2 amide bonds. The lowest BCUT2D eigenvalue weighted by Crippen LogP contribution is -2.36. The minimum atomic E-state index is -1.74. The Hall–Kier alpha value is -3.56. The van der Waals surface area contributed by atoms with Gasteiger partial charge in [-0.2, -0.15) is 0 Å². The lowest BCUT2D eigenvalue weighted by Gasteiger charge is -2.14. The molecular formula is C19H17F3N2O5. The Labute approximate surface area is 163 Å². The third kappa shape index (κ3) is 5.71. The van der Waals surface area contributed by atoms with Crippen molar-refractivity contribution in [3.63, 3.8) is 0 Å². The third-order valence-corrected chi connectivity index (χ3v) is 3.72. The number of hydrogen-bond donors (Lipinski definition) is 2. The molecule has 0 saturated heterocycles. The van der Waals surface area contributed by atoms with Crippen LogP contribution in [0.15, 0.2) is 36.4 Å². The van der Waals surface area contributed by atoms with Crippen LogP contribution in [0.25, 0.3) is 0 Å². The first-order valence-electron chi connectivity index (χ1n) is 8.29. The second-order valence-corrected chi connectivity index (χ2v) is 5.76. The summed E-state index contributed by atoms with van der Waals surface area (Å²) in [6.45, 7) is 0.665. The molecule has 0 aliphatic carbocycles. The Morgan fingerprint density at radius 1 is 1.00 bits per heavy atom. The summed E-state index contributed by atoms with van der Waals surface area (Å²) in [6.07, 6.45) is -1.38. The van der Waals surface area contributed by atoms with Crippen molar-refractivity contribution in [3.8, 4) is 5.75 Å². The van der Waals surface area contributed by atoms with E-state index >= 15 is 0 Å². The van der Waals surface area contributed by atoms with Gasteiger partial charge in [0.25, 0.3) is 11.8 Å². The lowest BCUT2D eigenvalue weighted by atomic mass is 10.2. The molecule has 0 aliphatic rings. The zero-order valence-corrected chi connectivity index (χ0v) is 15.4. The summed E-state index contributed by atoms with van der Waals surface area (Å²) in [6, 6.07) is 7.58. The number of carbonyl (C=O) groups is 3. The van der Waals surface area contributed by atoms with Gasteiger partial charge in [0.15, 0.2) is 23.6 Å². The fourth-order valence-corrected chi connectivity index (χ4v) is 2.15. The minimum absolute atomic E-state index is 0.276. The summed E-state index contributed by atoms with van der Waals surface area (Å²) in [5, 5.41) is 4.30. The molecule has 10 heteroatoms. The number of hydrogen-bond acceptors (Lipinski definition) is 5. The molecule has 2 aromatic carbocycles. The van der Waals surface area contributed by atoms with Crippen LogP contribution in [0.2, 0.25) is 0 Å². The topological polar surface area (TPSA) is 93.7 Å². The summed E-state index contributed by atoms with van der Waals surface area (Å²) in [4.78, 5) is 35.7. The summed E-state index contributed by atoms with van der Waals surface area (Å²) in [5.74, 6) is -6.63. The van der Waals surface area contributed by atoms with Crippen molar-refractivity contribution in [3.05, 3.63) is 59.4 Å². The first-order valence-corrected chi connectivity index (χ1v) is 8.29. The van der Waals surface area contributed by atoms with Crippen LogP contribution in [0, 0.1) is 17.5 Å². The Morgan fingerprint density at radius 3 is 2.28 bits per heavy atom. The van der Waals surface area contributed by atoms with E-state index in [-0.39, 0.29) is 5.56 Å². The zero-order chi connectivity index (χ0) is 21.6. The van der Waals surface area contributed by atoms with E-state index < -0.39 is 53.6 Å². The van der Waals surface area contributed by atoms with Gasteiger partial charge in [0, 0.05) is 5.56 Å². The van der Waals surface area contributed by atoms with Gasteiger partial charge in [-0.05, 0) is 43.3 Å². The average molecular weight is 410 g/mol. The second-order valence-electron chi connectivity index (χ2n) is 5.76.